The minimum Gasteiger partial charge on any atom is -0.462 e. The zero-order valence-corrected chi connectivity index (χ0v) is 39.4. The third kappa shape index (κ3) is 42.6. The molecule has 6 nitrogen and oxygen atoms in total. The van der Waals surface area contributed by atoms with E-state index < -0.39 is 18.2 Å². The van der Waals surface area contributed by atoms with Crippen LogP contribution < -0.4 is 5.32 Å². The van der Waals surface area contributed by atoms with Crippen molar-refractivity contribution in [3.8, 4) is 0 Å². The van der Waals surface area contributed by atoms with Gasteiger partial charge in [-0.3, -0.25) is 9.59 Å². The van der Waals surface area contributed by atoms with Crippen LogP contribution in [0, 0.1) is 0 Å². The van der Waals surface area contributed by atoms with Crippen molar-refractivity contribution < 1.29 is 24.5 Å². The van der Waals surface area contributed by atoms with Gasteiger partial charge in [0, 0.05) is 6.42 Å². The average molecular weight is 830 g/mol. The summed E-state index contributed by atoms with van der Waals surface area (Å²) in [4.78, 5) is 26.0. The molecule has 1 amide bonds. The molecule has 0 fully saturated rings. The minimum atomic E-state index is -0.788. The van der Waals surface area contributed by atoms with E-state index in [1.54, 1.807) is 0 Å². The monoisotopic (exact) mass is 830 g/mol. The first kappa shape index (κ1) is 57.1. The van der Waals surface area contributed by atoms with E-state index in [4.69, 9.17) is 4.74 Å². The molecule has 0 aromatic heterocycles. The zero-order valence-electron chi connectivity index (χ0n) is 39.4. The van der Waals surface area contributed by atoms with Gasteiger partial charge in [0.2, 0.25) is 5.91 Å². The van der Waals surface area contributed by atoms with E-state index >= 15 is 0 Å². The summed E-state index contributed by atoms with van der Waals surface area (Å²) in [5.41, 5.74) is 0. The van der Waals surface area contributed by atoms with Gasteiger partial charge in [-0.2, -0.15) is 0 Å². The molecule has 3 N–H and O–H groups in total. The van der Waals surface area contributed by atoms with Gasteiger partial charge in [-0.15, -0.1) is 0 Å². The molecule has 0 aromatic carbocycles. The van der Waals surface area contributed by atoms with Crippen LogP contribution in [0.1, 0.15) is 265 Å². The van der Waals surface area contributed by atoms with Crippen LogP contribution in [-0.2, 0) is 14.3 Å². The molecule has 59 heavy (non-hydrogen) atoms. The van der Waals surface area contributed by atoms with Gasteiger partial charge in [-0.25, -0.2) is 0 Å². The first-order valence-corrected chi connectivity index (χ1v) is 25.7. The van der Waals surface area contributed by atoms with E-state index in [1.165, 1.54) is 141 Å². The van der Waals surface area contributed by atoms with Gasteiger partial charge < -0.3 is 20.3 Å². The second kappa shape index (κ2) is 47.1. The molecular weight excluding hydrogens is 731 g/mol. The molecule has 0 aliphatic rings. The van der Waals surface area contributed by atoms with Crippen molar-refractivity contribution in [2.75, 3.05) is 6.61 Å². The highest BCUT2D eigenvalue weighted by molar-refractivity contribution is 5.77. The SMILES string of the molecule is CCCCC/C=C\C/C=C\C/C=C\CCCCCCC(=O)OC(CCCCCCCCC)CC(=O)NC(CO)C(O)CCCCCCCCCCCCCCCCCC. The lowest BCUT2D eigenvalue weighted by atomic mass is 10.0. The normalized spacial score (nSPS) is 13.5. The number of allylic oxidation sites excluding steroid dienone is 6. The largest absolute Gasteiger partial charge is 0.462 e. The molecule has 0 saturated heterocycles. The molecule has 346 valence electrons. The molecule has 0 bridgehead atoms. The van der Waals surface area contributed by atoms with Crippen molar-refractivity contribution in [1.82, 2.24) is 5.32 Å². The standard InChI is InChI=1S/C53H99NO5/c1-4-7-10-13-16-18-20-22-24-26-28-30-32-34-37-40-43-46-53(58)59-49(44-41-38-35-15-12-9-6-3)47-52(57)54-50(48-55)51(56)45-42-39-36-33-31-29-27-25-23-21-19-17-14-11-8-5-2/h16,18,22,24,28,30,49-51,55-56H,4-15,17,19-21,23,25-27,29,31-48H2,1-3H3,(H,54,57)/b18-16-,24-22-,30-28-. The minimum absolute atomic E-state index is 0.0705. The van der Waals surface area contributed by atoms with Gasteiger partial charge in [0.15, 0.2) is 0 Å². The Hall–Kier alpha value is -1.92. The lowest BCUT2D eigenvalue weighted by Crippen LogP contribution is -2.46. The fraction of sp³-hybridized carbons (Fsp3) is 0.849. The van der Waals surface area contributed by atoms with Gasteiger partial charge in [-0.1, -0.05) is 224 Å². The summed E-state index contributed by atoms with van der Waals surface area (Å²) in [6.07, 6.45) is 55.0. The van der Waals surface area contributed by atoms with E-state index in [2.05, 4.69) is 62.5 Å². The molecular formula is C53H99NO5. The van der Waals surface area contributed by atoms with Crippen molar-refractivity contribution >= 4 is 11.9 Å². The van der Waals surface area contributed by atoms with Crippen molar-refractivity contribution in [1.29, 1.82) is 0 Å². The van der Waals surface area contributed by atoms with Crippen LogP contribution >= 0.6 is 0 Å². The number of nitrogens with one attached hydrogen (secondary N) is 1. The number of hydrogen-bond acceptors (Lipinski definition) is 5. The number of aliphatic hydroxyl groups excluding tert-OH is 2. The first-order valence-electron chi connectivity index (χ1n) is 25.7. The molecule has 0 saturated carbocycles. The second-order valence-corrected chi connectivity index (χ2v) is 17.6. The molecule has 0 rings (SSSR count). The lowest BCUT2D eigenvalue weighted by Gasteiger charge is -2.24. The van der Waals surface area contributed by atoms with E-state index in [0.29, 0.717) is 19.3 Å². The first-order chi connectivity index (χ1) is 29.0. The summed E-state index contributed by atoms with van der Waals surface area (Å²) in [5.74, 6) is -0.496. The maximum absolute atomic E-state index is 13.1. The smallest absolute Gasteiger partial charge is 0.306 e. The van der Waals surface area contributed by atoms with Crippen LogP contribution in [-0.4, -0.2) is 46.9 Å². The summed E-state index contributed by atoms with van der Waals surface area (Å²) in [7, 11) is 0. The number of carbonyl (C=O) groups excluding carboxylic acids is 2. The van der Waals surface area contributed by atoms with Crippen molar-refractivity contribution in [3.63, 3.8) is 0 Å². The van der Waals surface area contributed by atoms with Gasteiger partial charge in [0.25, 0.3) is 0 Å². The van der Waals surface area contributed by atoms with E-state index in [-0.39, 0.29) is 24.9 Å². The number of aliphatic hydroxyl groups is 2. The van der Waals surface area contributed by atoms with E-state index in [1.807, 2.05) is 0 Å². The Morgan fingerprint density at radius 1 is 0.492 bits per heavy atom. The van der Waals surface area contributed by atoms with Crippen LogP contribution in [0.3, 0.4) is 0 Å². The molecule has 3 unspecified atom stereocenters. The predicted molar refractivity (Wildman–Crippen MR) is 255 cm³/mol. The summed E-state index contributed by atoms with van der Waals surface area (Å²) in [6, 6.07) is -0.701. The summed E-state index contributed by atoms with van der Waals surface area (Å²) in [6.45, 7) is 6.43. The third-order valence-corrected chi connectivity index (χ3v) is 11.7. The van der Waals surface area contributed by atoms with Crippen LogP contribution in [0.25, 0.3) is 0 Å². The number of hydrogen-bond donors (Lipinski definition) is 3. The van der Waals surface area contributed by atoms with Crippen molar-refractivity contribution in [3.05, 3.63) is 36.5 Å². The maximum Gasteiger partial charge on any atom is 0.306 e. The molecule has 0 heterocycles. The zero-order chi connectivity index (χ0) is 43.1. The van der Waals surface area contributed by atoms with Gasteiger partial charge >= 0.3 is 5.97 Å². The highest BCUT2D eigenvalue weighted by Crippen LogP contribution is 2.18. The Balaban J connectivity index is 4.37. The number of unbranched alkanes of at least 4 members (excludes halogenated alkanes) is 28. The predicted octanol–water partition coefficient (Wildman–Crippen LogP) is 15.3. The van der Waals surface area contributed by atoms with Crippen LogP contribution in [0.5, 0.6) is 0 Å². The third-order valence-electron chi connectivity index (χ3n) is 11.7. The molecule has 0 aromatic rings. The van der Waals surface area contributed by atoms with Gasteiger partial charge in [0.05, 0.1) is 25.2 Å². The van der Waals surface area contributed by atoms with Crippen LogP contribution in [0.4, 0.5) is 0 Å². The summed E-state index contributed by atoms with van der Waals surface area (Å²) < 4.78 is 5.89. The number of carbonyl (C=O) groups is 2. The molecule has 0 aliphatic heterocycles. The topological polar surface area (TPSA) is 95.9 Å². The van der Waals surface area contributed by atoms with Crippen molar-refractivity contribution in [2.45, 2.75) is 283 Å². The van der Waals surface area contributed by atoms with Gasteiger partial charge in [-0.05, 0) is 64.2 Å². The number of amides is 1. The molecule has 6 heteroatoms. The molecule has 0 spiro atoms. The number of ether oxygens (including phenoxy) is 1. The highest BCUT2D eigenvalue weighted by atomic mass is 16.5. The molecule has 3 atom stereocenters. The quantitative estimate of drug-likeness (QED) is 0.0323. The summed E-state index contributed by atoms with van der Waals surface area (Å²) >= 11 is 0. The second-order valence-electron chi connectivity index (χ2n) is 17.6. The van der Waals surface area contributed by atoms with E-state index in [0.717, 1.165) is 77.0 Å². The Morgan fingerprint density at radius 3 is 1.34 bits per heavy atom. The maximum atomic E-state index is 13.1. The number of esters is 1. The van der Waals surface area contributed by atoms with Crippen molar-refractivity contribution in [2.24, 2.45) is 0 Å². The average Bonchev–Trinajstić information content (AvgIpc) is 3.23. The molecule has 0 aliphatic carbocycles. The van der Waals surface area contributed by atoms with Crippen LogP contribution in [0.2, 0.25) is 0 Å². The lowest BCUT2D eigenvalue weighted by molar-refractivity contribution is -0.151. The Bertz CT molecular complexity index is 977. The van der Waals surface area contributed by atoms with Gasteiger partial charge in [0.1, 0.15) is 6.10 Å². The Labute approximate surface area is 366 Å². The van der Waals surface area contributed by atoms with Crippen LogP contribution in [0.15, 0.2) is 36.5 Å². The fourth-order valence-electron chi connectivity index (χ4n) is 7.79. The Morgan fingerprint density at radius 2 is 0.864 bits per heavy atom. The highest BCUT2D eigenvalue weighted by Gasteiger charge is 2.24. The summed E-state index contributed by atoms with van der Waals surface area (Å²) in [5, 5.41) is 23.7. The fourth-order valence-corrected chi connectivity index (χ4v) is 7.79. The Kier molecular flexibility index (Phi) is 45.6. The molecule has 0 radical (unpaired) electrons. The number of rotatable bonds is 46. The van der Waals surface area contributed by atoms with E-state index in [9.17, 15) is 19.8 Å².